The van der Waals surface area contributed by atoms with Crippen molar-refractivity contribution in [3.05, 3.63) is 28.8 Å². The van der Waals surface area contributed by atoms with E-state index in [9.17, 15) is 22.8 Å². The molecule has 206 valence electrons. The average Bonchev–Trinajstić information content (AvgIpc) is 3.38. The second-order valence-corrected chi connectivity index (χ2v) is 13.4. The summed E-state index contributed by atoms with van der Waals surface area (Å²) < 4.78 is 27.9. The fourth-order valence-electron chi connectivity index (χ4n) is 6.15. The Hall–Kier alpha value is -2.79. The summed E-state index contributed by atoms with van der Waals surface area (Å²) in [6, 6.07) is 3.18. The van der Waals surface area contributed by atoms with Crippen LogP contribution in [0.25, 0.3) is 0 Å². The first-order valence-electron chi connectivity index (χ1n) is 13.6. The molecule has 1 aliphatic carbocycles. The van der Waals surface area contributed by atoms with Crippen molar-refractivity contribution in [1.82, 2.24) is 14.9 Å². The maximum absolute atomic E-state index is 13.2. The number of hydrogen-bond donors (Lipinski definition) is 2. The van der Waals surface area contributed by atoms with Gasteiger partial charge in [-0.25, -0.2) is 22.4 Å². The molecule has 0 bridgehead atoms. The fraction of sp³-hybridized carbons (Fsp3) is 0.630. The van der Waals surface area contributed by atoms with Crippen LogP contribution in [0.4, 0.5) is 10.5 Å². The Labute approximate surface area is 224 Å². The number of amides is 4. The molecule has 11 heteroatoms. The van der Waals surface area contributed by atoms with Crippen LogP contribution in [0.1, 0.15) is 62.1 Å². The van der Waals surface area contributed by atoms with Gasteiger partial charge < -0.3 is 10.6 Å². The van der Waals surface area contributed by atoms with E-state index in [0.29, 0.717) is 36.8 Å². The van der Waals surface area contributed by atoms with Gasteiger partial charge in [0.25, 0.3) is 11.8 Å². The number of hydrogen-bond acceptors (Lipinski definition) is 6. The molecule has 3 heterocycles. The number of nitrogens with zero attached hydrogens (tertiary/aromatic N) is 3. The molecule has 0 unspecified atom stereocenters. The molecule has 0 radical (unpaired) electrons. The minimum Gasteiger partial charge on any atom is -0.328 e. The van der Waals surface area contributed by atoms with Crippen LogP contribution in [-0.4, -0.2) is 67.3 Å². The molecule has 2 saturated heterocycles. The van der Waals surface area contributed by atoms with Crippen LogP contribution in [-0.2, 0) is 26.0 Å². The number of rotatable bonds is 6. The highest BCUT2D eigenvalue weighted by Gasteiger charge is 2.48. The second-order valence-electron chi connectivity index (χ2n) is 11.4. The third-order valence-corrected chi connectivity index (χ3v) is 10.6. The predicted octanol–water partition coefficient (Wildman–Crippen LogP) is 2.42. The molecule has 3 fully saturated rings. The van der Waals surface area contributed by atoms with E-state index in [-0.39, 0.29) is 37.2 Å². The number of nitrogens with one attached hydrogen (secondary N) is 2. The van der Waals surface area contributed by atoms with Crippen molar-refractivity contribution >= 4 is 39.4 Å². The number of carbonyl (C=O) groups excluding carboxylic acids is 3. The molecule has 5 rings (SSSR count). The lowest BCUT2D eigenvalue weighted by Crippen LogP contribution is -2.51. The van der Waals surface area contributed by atoms with Gasteiger partial charge in [0.1, 0.15) is 11.4 Å². The van der Waals surface area contributed by atoms with Crippen LogP contribution in [0.5, 0.6) is 0 Å². The van der Waals surface area contributed by atoms with Crippen LogP contribution in [0.2, 0.25) is 0 Å². The Bertz CT molecular complexity index is 1270. The van der Waals surface area contributed by atoms with E-state index in [4.69, 9.17) is 4.99 Å². The third-order valence-electron chi connectivity index (χ3n) is 8.71. The summed E-state index contributed by atoms with van der Waals surface area (Å²) in [4.78, 5) is 43.1. The van der Waals surface area contributed by atoms with E-state index < -0.39 is 21.6 Å². The van der Waals surface area contributed by atoms with Gasteiger partial charge in [0.2, 0.25) is 10.0 Å². The Morgan fingerprint density at radius 3 is 2.34 bits per heavy atom. The van der Waals surface area contributed by atoms with E-state index in [2.05, 4.69) is 17.6 Å². The summed E-state index contributed by atoms with van der Waals surface area (Å²) in [5, 5.41) is 5.56. The van der Waals surface area contributed by atoms with E-state index in [0.717, 1.165) is 53.1 Å². The zero-order valence-corrected chi connectivity index (χ0v) is 23.2. The minimum atomic E-state index is -3.53. The molecule has 4 aliphatic rings. The lowest BCUT2D eigenvalue weighted by Gasteiger charge is -2.34. The topological polar surface area (TPSA) is 128 Å². The number of urea groups is 1. The maximum Gasteiger partial charge on any atom is 0.329 e. The van der Waals surface area contributed by atoms with Crippen LogP contribution in [0.3, 0.4) is 0 Å². The number of carbonyl (C=O) groups is 3. The quantitative estimate of drug-likeness (QED) is 0.533. The molecule has 38 heavy (non-hydrogen) atoms. The van der Waals surface area contributed by atoms with Crippen molar-refractivity contribution in [3.63, 3.8) is 0 Å². The summed E-state index contributed by atoms with van der Waals surface area (Å²) in [5.74, 6) is 1.38. The van der Waals surface area contributed by atoms with Crippen LogP contribution < -0.4 is 15.5 Å². The van der Waals surface area contributed by atoms with Crippen molar-refractivity contribution < 1.29 is 22.8 Å². The summed E-state index contributed by atoms with van der Waals surface area (Å²) in [6.45, 7) is 6.45. The van der Waals surface area contributed by atoms with Crippen LogP contribution in [0, 0.1) is 25.7 Å². The first-order valence-corrected chi connectivity index (χ1v) is 15.2. The number of aryl methyl sites for hydroxylation is 3. The van der Waals surface area contributed by atoms with Gasteiger partial charge in [0.15, 0.2) is 0 Å². The smallest absolute Gasteiger partial charge is 0.328 e. The number of benzene rings is 1. The minimum absolute atomic E-state index is 0.0252. The monoisotopic (exact) mass is 543 g/mol. The normalized spacial score (nSPS) is 26.0. The summed E-state index contributed by atoms with van der Waals surface area (Å²) in [6.07, 6.45) is 5.47. The number of piperidine rings is 1. The highest BCUT2D eigenvalue weighted by Crippen LogP contribution is 2.36. The highest BCUT2D eigenvalue weighted by atomic mass is 32.2. The van der Waals surface area contributed by atoms with E-state index >= 15 is 0 Å². The molecule has 0 atom stereocenters. The Balaban J connectivity index is 1.21. The molecule has 3 aliphatic heterocycles. The third kappa shape index (κ3) is 4.98. The first-order chi connectivity index (χ1) is 18.0. The molecule has 1 spiro atoms. The molecule has 1 aromatic rings. The van der Waals surface area contributed by atoms with Gasteiger partial charge in [0, 0.05) is 19.0 Å². The number of sulfonamides is 1. The van der Waals surface area contributed by atoms with Gasteiger partial charge in [-0.05, 0) is 74.6 Å². The van der Waals surface area contributed by atoms with Gasteiger partial charge >= 0.3 is 6.03 Å². The molecule has 0 aromatic heterocycles. The van der Waals surface area contributed by atoms with Gasteiger partial charge in [-0.3, -0.25) is 14.6 Å². The zero-order valence-electron chi connectivity index (χ0n) is 22.4. The van der Waals surface area contributed by atoms with Crippen molar-refractivity contribution in [2.24, 2.45) is 16.8 Å². The molecule has 2 N–H and O–H groups in total. The Kier molecular flexibility index (Phi) is 7.10. The fourth-order valence-corrected chi connectivity index (χ4v) is 7.62. The van der Waals surface area contributed by atoms with Crippen molar-refractivity contribution in [2.75, 3.05) is 30.3 Å². The average molecular weight is 544 g/mol. The number of aliphatic imine (C=N–C) groups is 1. The molecule has 1 saturated carbocycles. The number of anilines is 1. The van der Waals surface area contributed by atoms with Crippen molar-refractivity contribution in [3.8, 4) is 0 Å². The maximum atomic E-state index is 13.2. The van der Waals surface area contributed by atoms with Gasteiger partial charge in [0.05, 0.1) is 18.0 Å². The molecular formula is C27H37N5O5S. The first kappa shape index (κ1) is 26.8. The lowest BCUT2D eigenvalue weighted by molar-refractivity contribution is -0.125. The van der Waals surface area contributed by atoms with Crippen LogP contribution >= 0.6 is 0 Å². The zero-order chi connectivity index (χ0) is 27.2. The van der Waals surface area contributed by atoms with E-state index in [1.165, 1.54) is 4.31 Å². The Morgan fingerprint density at radius 1 is 1.03 bits per heavy atom. The van der Waals surface area contributed by atoms with Crippen molar-refractivity contribution in [2.45, 2.75) is 71.3 Å². The van der Waals surface area contributed by atoms with Gasteiger partial charge in [-0.15, -0.1) is 0 Å². The lowest BCUT2D eigenvalue weighted by atomic mass is 9.82. The van der Waals surface area contributed by atoms with Gasteiger partial charge in [-0.2, -0.15) is 0 Å². The molecular weight excluding hydrogens is 506 g/mol. The summed E-state index contributed by atoms with van der Waals surface area (Å²) >= 11 is 0. The standard InChI is InChI=1S/C27H37N5O5S/c1-17-4-6-20(7-5-17)24-29-25(34)27(30-24)9-11-31(12-10-27)38(36,37)13-8-21-14-19(3)22(15-18(21)2)32-23(33)16-28-26(32)35/h14-15,17,20H,4-13,16H2,1-3H3,(H,28,35)(H,29,30,34). The molecule has 10 nitrogen and oxygen atoms in total. The summed E-state index contributed by atoms with van der Waals surface area (Å²) in [5.41, 5.74) is 2.11. The second kappa shape index (κ2) is 10.1. The van der Waals surface area contributed by atoms with Crippen LogP contribution in [0.15, 0.2) is 17.1 Å². The summed E-state index contributed by atoms with van der Waals surface area (Å²) in [7, 11) is -3.53. The highest BCUT2D eigenvalue weighted by molar-refractivity contribution is 7.89. The number of imide groups is 1. The Morgan fingerprint density at radius 2 is 1.71 bits per heavy atom. The molecule has 4 amide bonds. The predicted molar refractivity (Wildman–Crippen MR) is 145 cm³/mol. The number of amidine groups is 1. The van der Waals surface area contributed by atoms with E-state index in [1.807, 2.05) is 19.9 Å². The molecule has 1 aromatic carbocycles. The van der Waals surface area contributed by atoms with Gasteiger partial charge in [-0.1, -0.05) is 25.8 Å². The van der Waals surface area contributed by atoms with E-state index in [1.54, 1.807) is 6.07 Å². The largest absolute Gasteiger partial charge is 0.329 e. The SMILES string of the molecule is Cc1cc(N2C(=O)CNC2=O)c(C)cc1CCS(=O)(=O)N1CCC2(CC1)N=C(C1CCC(C)CC1)NC2=O. The van der Waals surface area contributed by atoms with Crippen molar-refractivity contribution in [1.29, 1.82) is 0 Å².